The molecule has 2 aromatic carbocycles. The number of fused-ring (bicyclic) bond motifs is 3. The second-order valence-electron chi connectivity index (χ2n) is 8.69. The zero-order valence-corrected chi connectivity index (χ0v) is 17.6. The van der Waals surface area contributed by atoms with E-state index in [0.717, 1.165) is 49.4 Å². The molecule has 30 heavy (non-hydrogen) atoms. The van der Waals surface area contributed by atoms with Crippen LogP contribution in [0.4, 0.5) is 5.69 Å². The van der Waals surface area contributed by atoms with Crippen molar-refractivity contribution in [1.29, 1.82) is 0 Å². The van der Waals surface area contributed by atoms with Gasteiger partial charge in [-0.15, -0.1) is 0 Å². The number of likely N-dealkylation sites (tertiary alicyclic amines) is 1. The molecule has 0 saturated carbocycles. The molecule has 1 saturated heterocycles. The third-order valence-electron chi connectivity index (χ3n) is 6.99. The molecule has 3 aliphatic rings. The number of hydrogen-bond acceptors (Lipinski definition) is 3. The Morgan fingerprint density at radius 3 is 2.57 bits per heavy atom. The highest BCUT2D eigenvalue weighted by atomic mass is 16.5. The summed E-state index contributed by atoms with van der Waals surface area (Å²) in [5.41, 5.74) is 4.24. The van der Waals surface area contributed by atoms with Gasteiger partial charge in [0, 0.05) is 24.6 Å². The third kappa shape index (κ3) is 3.28. The maximum atomic E-state index is 13.5. The lowest BCUT2D eigenvalue weighted by Crippen LogP contribution is -2.35. The number of rotatable bonds is 3. The van der Waals surface area contributed by atoms with Crippen molar-refractivity contribution in [2.75, 3.05) is 25.5 Å². The van der Waals surface area contributed by atoms with Gasteiger partial charge in [-0.2, -0.15) is 0 Å². The van der Waals surface area contributed by atoms with E-state index in [9.17, 15) is 4.79 Å². The van der Waals surface area contributed by atoms with Gasteiger partial charge >= 0.3 is 0 Å². The molecule has 1 aliphatic carbocycles. The molecular weight excluding hydrogens is 372 g/mol. The summed E-state index contributed by atoms with van der Waals surface area (Å²) in [6.45, 7) is 1.73. The molecular formula is C26H30N2O2. The molecule has 2 aliphatic heterocycles. The van der Waals surface area contributed by atoms with Gasteiger partial charge in [-0.1, -0.05) is 55.3 Å². The van der Waals surface area contributed by atoms with E-state index >= 15 is 0 Å². The summed E-state index contributed by atoms with van der Waals surface area (Å²) in [4.78, 5) is 15.6. The van der Waals surface area contributed by atoms with Crippen LogP contribution in [-0.2, 0) is 0 Å². The average molecular weight is 403 g/mol. The third-order valence-corrected chi connectivity index (χ3v) is 6.99. The predicted molar refractivity (Wildman–Crippen MR) is 120 cm³/mol. The number of carbonyl (C=O) groups is 1. The number of carbonyl (C=O) groups excluding carboxylic acids is 1. The molecule has 156 valence electrons. The van der Waals surface area contributed by atoms with Crippen LogP contribution in [0.2, 0.25) is 0 Å². The standard InChI is InChI=1S/C26H30N2O2/c1-30-23-15-5-4-10-21(23)24-19-12-8-11-18(19)20-13-9-14-22(25(20)27-24)26(29)28-16-6-2-3-7-17-28/h4-5,8-11,13-15,18-19,24,27H,2-3,6-7,12,16-17H2,1H3. The van der Waals surface area contributed by atoms with Gasteiger partial charge in [-0.05, 0) is 42.9 Å². The van der Waals surface area contributed by atoms with Crippen molar-refractivity contribution in [2.24, 2.45) is 5.92 Å². The summed E-state index contributed by atoms with van der Waals surface area (Å²) >= 11 is 0. The van der Waals surface area contributed by atoms with Crippen molar-refractivity contribution in [3.05, 3.63) is 71.3 Å². The fourth-order valence-corrected chi connectivity index (χ4v) is 5.48. The Balaban J connectivity index is 1.56. The lowest BCUT2D eigenvalue weighted by molar-refractivity contribution is 0.0762. The molecule has 2 heterocycles. The summed E-state index contributed by atoms with van der Waals surface area (Å²) < 4.78 is 5.69. The monoisotopic (exact) mass is 402 g/mol. The van der Waals surface area contributed by atoms with E-state index in [2.05, 4.69) is 46.6 Å². The zero-order valence-electron chi connectivity index (χ0n) is 17.6. The molecule has 0 bridgehead atoms. The highest BCUT2D eigenvalue weighted by Gasteiger charge is 2.40. The van der Waals surface area contributed by atoms with Crippen molar-refractivity contribution in [3.63, 3.8) is 0 Å². The van der Waals surface area contributed by atoms with Crippen LogP contribution in [-0.4, -0.2) is 31.0 Å². The Bertz CT molecular complexity index is 959. The van der Waals surface area contributed by atoms with Gasteiger partial charge in [0.2, 0.25) is 0 Å². The molecule has 0 aromatic heterocycles. The second-order valence-corrected chi connectivity index (χ2v) is 8.69. The minimum absolute atomic E-state index is 0.117. The van der Waals surface area contributed by atoms with Crippen LogP contribution in [0, 0.1) is 5.92 Å². The topological polar surface area (TPSA) is 41.6 Å². The molecule has 5 rings (SSSR count). The Morgan fingerprint density at radius 1 is 1.00 bits per heavy atom. The van der Waals surface area contributed by atoms with Crippen molar-refractivity contribution in [2.45, 2.75) is 44.1 Å². The van der Waals surface area contributed by atoms with Gasteiger partial charge in [-0.3, -0.25) is 4.79 Å². The van der Waals surface area contributed by atoms with Crippen LogP contribution in [0.1, 0.15) is 65.5 Å². The summed E-state index contributed by atoms with van der Waals surface area (Å²) in [5.74, 6) is 1.83. The van der Waals surface area contributed by atoms with E-state index in [4.69, 9.17) is 4.74 Å². The van der Waals surface area contributed by atoms with Gasteiger partial charge < -0.3 is 15.0 Å². The maximum Gasteiger partial charge on any atom is 0.255 e. The number of benzene rings is 2. The van der Waals surface area contributed by atoms with E-state index in [0.29, 0.717) is 11.8 Å². The molecule has 3 unspecified atom stereocenters. The number of ether oxygens (including phenoxy) is 1. The molecule has 2 aromatic rings. The van der Waals surface area contributed by atoms with Crippen LogP contribution in [0.15, 0.2) is 54.6 Å². The van der Waals surface area contributed by atoms with Gasteiger partial charge in [0.05, 0.1) is 24.4 Å². The quantitative estimate of drug-likeness (QED) is 0.686. The van der Waals surface area contributed by atoms with Gasteiger partial charge in [0.1, 0.15) is 5.75 Å². The van der Waals surface area contributed by atoms with Crippen LogP contribution >= 0.6 is 0 Å². The van der Waals surface area contributed by atoms with E-state index < -0.39 is 0 Å². The zero-order chi connectivity index (χ0) is 20.5. The summed E-state index contributed by atoms with van der Waals surface area (Å²) in [6.07, 6.45) is 10.3. The minimum Gasteiger partial charge on any atom is -0.496 e. The number of nitrogens with one attached hydrogen (secondary N) is 1. The van der Waals surface area contributed by atoms with Crippen LogP contribution in [0.3, 0.4) is 0 Å². The van der Waals surface area contributed by atoms with Gasteiger partial charge in [0.25, 0.3) is 5.91 Å². The smallest absolute Gasteiger partial charge is 0.255 e. The number of hydrogen-bond donors (Lipinski definition) is 1. The predicted octanol–water partition coefficient (Wildman–Crippen LogP) is 5.54. The van der Waals surface area contributed by atoms with Crippen molar-refractivity contribution < 1.29 is 9.53 Å². The lowest BCUT2D eigenvalue weighted by atomic mass is 9.76. The minimum atomic E-state index is 0.117. The van der Waals surface area contributed by atoms with Crippen molar-refractivity contribution in [3.8, 4) is 5.75 Å². The lowest BCUT2D eigenvalue weighted by Gasteiger charge is -2.39. The van der Waals surface area contributed by atoms with Crippen molar-refractivity contribution in [1.82, 2.24) is 4.90 Å². The number of methoxy groups -OCH3 is 1. The van der Waals surface area contributed by atoms with E-state index in [1.165, 1.54) is 24.0 Å². The molecule has 0 radical (unpaired) electrons. The Labute approximate surface area is 178 Å². The van der Waals surface area contributed by atoms with Crippen LogP contribution in [0.5, 0.6) is 5.75 Å². The Hall–Kier alpha value is -2.75. The Kier molecular flexibility index (Phi) is 5.24. The Morgan fingerprint density at radius 2 is 1.77 bits per heavy atom. The van der Waals surface area contributed by atoms with E-state index in [1.54, 1.807) is 7.11 Å². The first-order chi connectivity index (χ1) is 14.8. The second kappa shape index (κ2) is 8.17. The molecule has 1 amide bonds. The number of allylic oxidation sites excluding steroid dienone is 2. The first kappa shape index (κ1) is 19.2. The van der Waals surface area contributed by atoms with Crippen LogP contribution < -0.4 is 10.1 Å². The summed E-state index contributed by atoms with van der Waals surface area (Å²) in [5, 5.41) is 3.80. The molecule has 4 heteroatoms. The largest absolute Gasteiger partial charge is 0.496 e. The fraction of sp³-hybridized carbons (Fsp3) is 0.423. The number of nitrogens with zero attached hydrogens (tertiary/aromatic N) is 1. The molecule has 0 spiro atoms. The summed E-state index contributed by atoms with van der Waals surface area (Å²) in [7, 11) is 1.73. The first-order valence-electron chi connectivity index (χ1n) is 11.3. The van der Waals surface area contributed by atoms with Gasteiger partial charge in [-0.25, -0.2) is 0 Å². The van der Waals surface area contributed by atoms with Crippen LogP contribution in [0.25, 0.3) is 0 Å². The van der Waals surface area contributed by atoms with E-state index in [1.807, 2.05) is 18.2 Å². The van der Waals surface area contributed by atoms with Gasteiger partial charge in [0.15, 0.2) is 0 Å². The highest BCUT2D eigenvalue weighted by molar-refractivity contribution is 6.01. The number of amides is 1. The first-order valence-corrected chi connectivity index (χ1v) is 11.3. The molecule has 1 N–H and O–H groups in total. The van der Waals surface area contributed by atoms with Crippen molar-refractivity contribution >= 4 is 11.6 Å². The highest BCUT2D eigenvalue weighted by Crippen LogP contribution is 2.52. The maximum absolute atomic E-state index is 13.5. The molecule has 4 nitrogen and oxygen atoms in total. The normalized spacial score (nSPS) is 25.1. The SMILES string of the molecule is COc1ccccc1C1Nc2c(C(=O)N3CCCCCC3)cccc2C2C=CCC21. The van der Waals surface area contributed by atoms with E-state index in [-0.39, 0.29) is 11.9 Å². The molecule has 3 atom stereocenters. The number of anilines is 1. The summed E-state index contributed by atoms with van der Waals surface area (Å²) in [6, 6.07) is 14.6. The average Bonchev–Trinajstić information content (AvgIpc) is 3.13. The molecule has 1 fully saturated rings. The number of para-hydroxylation sites is 2. The fourth-order valence-electron chi connectivity index (χ4n) is 5.48.